The van der Waals surface area contributed by atoms with Crippen molar-refractivity contribution < 1.29 is 175 Å². The summed E-state index contributed by atoms with van der Waals surface area (Å²) in [4.78, 5) is -2.81. The Bertz CT molecular complexity index is 3890. The van der Waals surface area contributed by atoms with Gasteiger partial charge in [-0.1, -0.05) is 36.4 Å². The minimum absolute atomic E-state index is 0. The van der Waals surface area contributed by atoms with E-state index in [1.165, 1.54) is 60.7 Å². The van der Waals surface area contributed by atoms with E-state index in [0.29, 0.717) is 11.4 Å². The normalized spacial score (nSPS) is 12.2. The van der Waals surface area contributed by atoms with Crippen molar-refractivity contribution in [2.75, 3.05) is 5.32 Å². The molecule has 0 bridgehead atoms. The summed E-state index contributed by atoms with van der Waals surface area (Å²) in [6.45, 7) is 0. The maximum Gasteiger partial charge on any atom is 1.00 e. The van der Waals surface area contributed by atoms with Crippen LogP contribution in [0.25, 0.3) is 32.3 Å². The predicted octanol–water partition coefficient (Wildman–Crippen LogP) is -2.53. The Labute approximate surface area is 488 Å². The van der Waals surface area contributed by atoms with Crippen molar-refractivity contribution in [3.05, 3.63) is 140 Å². The van der Waals surface area contributed by atoms with Crippen molar-refractivity contribution in [2.45, 2.75) is 19.6 Å². The smallest absolute Gasteiger partial charge is 0.744 e. The molecule has 0 unspecified atom stereocenters. The number of aromatic hydroxyl groups is 1. The Balaban J connectivity index is 0.00000266. The minimum atomic E-state index is -5.28. The molecule has 8 aromatic carbocycles. The summed E-state index contributed by atoms with van der Waals surface area (Å²) < 4.78 is 145. The number of hydrogen-bond acceptors (Lipinski definition) is 20. The maximum absolute atomic E-state index is 12.5. The van der Waals surface area contributed by atoms with E-state index in [1.807, 2.05) is 6.07 Å². The topological polar surface area (TPSA) is 335 Å². The second-order valence-electron chi connectivity index (χ2n) is 14.0. The third-order valence-electron chi connectivity index (χ3n) is 9.75. The van der Waals surface area contributed by atoms with Gasteiger partial charge in [0.1, 0.15) is 46.2 Å². The van der Waals surface area contributed by atoms with Crippen molar-refractivity contribution in [1.29, 1.82) is 0 Å². The second-order valence-corrected chi connectivity index (χ2v) is 19.5. The van der Waals surface area contributed by atoms with Gasteiger partial charge in [0.2, 0.25) is 0 Å². The SMILES string of the molecule is O=S(=O)([O-])c1cccc(N=Nc2ccc(N=Nc3ccc(N=Nc4c(S(=O)(=O)[O-])cc5cc(Nc6ccccc6)ccc5c4O)c4ccc(S(=O)(=O)[O-])cc34)c3ccc(S(=O)(=O)[O-])cc23)c1.[Na+].[Na+].[Na+].[Na+]. The Hall–Kier alpha value is -3.42. The zero-order chi connectivity index (χ0) is 47.2. The molecule has 0 atom stereocenters. The Morgan fingerprint density at radius 3 is 1.34 bits per heavy atom. The van der Waals surface area contributed by atoms with Gasteiger partial charge in [-0.15, -0.1) is 25.6 Å². The number of phenolic OH excluding ortho intramolecular Hbond substituents is 1. The van der Waals surface area contributed by atoms with Crippen LogP contribution in [-0.4, -0.2) is 57.0 Å². The zero-order valence-corrected chi connectivity index (χ0v) is 48.2. The number of nitrogens with one attached hydrogen (secondary N) is 1. The molecular formula is C42H25N7Na4O13S4. The average molecular weight is 1060 g/mol. The molecule has 0 radical (unpaired) electrons. The van der Waals surface area contributed by atoms with Crippen LogP contribution in [0, 0.1) is 0 Å². The first-order valence-corrected chi connectivity index (χ1v) is 24.2. The van der Waals surface area contributed by atoms with Crippen LogP contribution in [-0.2, 0) is 40.5 Å². The monoisotopic (exact) mass is 1050 g/mol. The van der Waals surface area contributed by atoms with Gasteiger partial charge in [-0.2, -0.15) is 5.11 Å². The fraction of sp³-hybridized carbons (Fsp3) is 0. The first-order chi connectivity index (χ1) is 31.1. The van der Waals surface area contributed by atoms with Gasteiger partial charge in [0, 0.05) is 38.3 Å². The third-order valence-corrected chi connectivity index (χ3v) is 13.1. The molecule has 0 aliphatic heterocycles. The molecule has 0 fully saturated rings. The summed E-state index contributed by atoms with van der Waals surface area (Å²) in [6.07, 6.45) is 0. The number of phenols is 1. The number of hydrogen-bond donors (Lipinski definition) is 2. The first-order valence-electron chi connectivity index (χ1n) is 18.6. The molecule has 0 aliphatic carbocycles. The van der Waals surface area contributed by atoms with Gasteiger partial charge >= 0.3 is 118 Å². The van der Waals surface area contributed by atoms with Crippen molar-refractivity contribution in [3.63, 3.8) is 0 Å². The molecule has 0 spiro atoms. The van der Waals surface area contributed by atoms with Gasteiger partial charge in [0.25, 0.3) is 0 Å². The van der Waals surface area contributed by atoms with E-state index in [0.717, 1.165) is 42.5 Å². The summed E-state index contributed by atoms with van der Waals surface area (Å²) in [7, 11) is -20.2. The molecule has 2 N–H and O–H groups in total. The molecule has 0 heterocycles. The Kier molecular flexibility index (Phi) is 20.0. The molecule has 0 saturated carbocycles. The standard InChI is InChI=1S/C42H29N7O13S4.4Na/c50-42-31-12-9-26(43-25-5-2-1-3-6-25)19-24(31)20-40(66(60,61)62)41(42)49-48-37-16-18-39(35-23-30(65(57,58)59)11-14-33(35)37)47-46-36-15-17-38(34-22-29(64(54,55)56)10-13-32(34)36)45-44-27-7-4-8-28(21-27)63(51,52)53;;;;/h1-23,43,50H,(H,51,52,53)(H,54,55,56)(H,57,58,59)(H,60,61,62);;;;/q;4*+1/p-4. The Morgan fingerprint density at radius 1 is 0.386 bits per heavy atom. The van der Waals surface area contributed by atoms with Gasteiger partial charge in [0.15, 0.2) is 5.75 Å². The van der Waals surface area contributed by atoms with E-state index in [9.17, 15) is 57.0 Å². The molecule has 70 heavy (non-hydrogen) atoms. The number of para-hydroxylation sites is 1. The van der Waals surface area contributed by atoms with Gasteiger partial charge in [-0.25, -0.2) is 33.7 Å². The molecule has 0 aliphatic rings. The third kappa shape index (κ3) is 13.6. The number of azo groups is 3. The molecule has 8 aromatic rings. The van der Waals surface area contributed by atoms with Crippen LogP contribution >= 0.6 is 0 Å². The number of fused-ring (bicyclic) bond motifs is 3. The number of rotatable bonds is 12. The molecule has 0 amide bonds. The fourth-order valence-corrected chi connectivity index (χ4v) is 8.83. The van der Waals surface area contributed by atoms with Crippen LogP contribution in [0.3, 0.4) is 0 Å². The summed E-state index contributed by atoms with van der Waals surface area (Å²) >= 11 is 0. The van der Waals surface area contributed by atoms with E-state index in [1.54, 1.807) is 30.3 Å². The Morgan fingerprint density at radius 2 is 0.843 bits per heavy atom. The molecule has 0 aromatic heterocycles. The van der Waals surface area contributed by atoms with Crippen LogP contribution < -0.4 is 124 Å². The number of benzene rings is 8. The number of nitrogens with zero attached hydrogens (tertiary/aromatic N) is 6. The minimum Gasteiger partial charge on any atom is -0.744 e. The van der Waals surface area contributed by atoms with Gasteiger partial charge < -0.3 is 28.6 Å². The van der Waals surface area contributed by atoms with E-state index in [-0.39, 0.29) is 179 Å². The van der Waals surface area contributed by atoms with Crippen LogP contribution in [0.1, 0.15) is 0 Å². The maximum atomic E-state index is 12.5. The first kappa shape index (κ1) is 59.1. The van der Waals surface area contributed by atoms with E-state index in [4.69, 9.17) is 0 Å². The van der Waals surface area contributed by atoms with Crippen LogP contribution in [0.15, 0.2) is 190 Å². The molecule has 20 nitrogen and oxygen atoms in total. The molecule has 8 rings (SSSR count). The summed E-state index contributed by atoms with van der Waals surface area (Å²) in [5.41, 5.74) is 0.374. The molecular weight excluding hydrogens is 1030 g/mol. The van der Waals surface area contributed by atoms with Crippen molar-refractivity contribution in [2.24, 2.45) is 30.7 Å². The van der Waals surface area contributed by atoms with Crippen molar-refractivity contribution >= 4 is 118 Å². The predicted molar refractivity (Wildman–Crippen MR) is 234 cm³/mol. The van der Waals surface area contributed by atoms with Gasteiger partial charge in [-0.05, 0) is 109 Å². The van der Waals surface area contributed by atoms with Crippen molar-refractivity contribution in [1.82, 2.24) is 0 Å². The molecule has 28 heteroatoms. The summed E-state index contributed by atoms with van der Waals surface area (Å²) in [5.74, 6) is -0.685. The van der Waals surface area contributed by atoms with Crippen LogP contribution in [0.4, 0.5) is 45.5 Å². The quantitative estimate of drug-likeness (QED) is 0.0725. The largest absolute Gasteiger partial charge is 1.00 e. The van der Waals surface area contributed by atoms with Gasteiger partial charge in [0.05, 0.1) is 48.0 Å². The second kappa shape index (κ2) is 23.6. The average Bonchev–Trinajstić information content (AvgIpc) is 3.26. The zero-order valence-electron chi connectivity index (χ0n) is 36.9. The summed E-state index contributed by atoms with van der Waals surface area (Å²) in [5, 5.41) is 39.6. The van der Waals surface area contributed by atoms with Crippen molar-refractivity contribution in [3.8, 4) is 5.75 Å². The van der Waals surface area contributed by atoms with Crippen LogP contribution in [0.5, 0.6) is 5.75 Å². The fourth-order valence-electron chi connectivity index (χ4n) is 6.68. The van der Waals surface area contributed by atoms with E-state index < -0.39 is 71.5 Å². The number of anilines is 2. The van der Waals surface area contributed by atoms with E-state index in [2.05, 4.69) is 36.0 Å². The molecule has 0 saturated heterocycles. The van der Waals surface area contributed by atoms with E-state index >= 15 is 0 Å². The molecule has 334 valence electrons. The van der Waals surface area contributed by atoms with Gasteiger partial charge in [-0.3, -0.25) is 0 Å². The van der Waals surface area contributed by atoms with Crippen LogP contribution in [0.2, 0.25) is 0 Å². The summed E-state index contributed by atoms with van der Waals surface area (Å²) in [6, 6.07) is 31.0.